The molecule has 0 radical (unpaired) electrons. The summed E-state index contributed by atoms with van der Waals surface area (Å²) in [7, 11) is 0. The van der Waals surface area contributed by atoms with Crippen LogP contribution in [0.5, 0.6) is 0 Å². The number of hydrogen-bond acceptors (Lipinski definition) is 4. The number of nitrogens with two attached hydrogens (primary N) is 1. The van der Waals surface area contributed by atoms with Crippen molar-refractivity contribution in [3.8, 4) is 0 Å². The van der Waals surface area contributed by atoms with Gasteiger partial charge in [0, 0.05) is 38.4 Å². The summed E-state index contributed by atoms with van der Waals surface area (Å²) in [4.78, 5) is 9.20. The molecule has 0 aromatic carbocycles. The van der Waals surface area contributed by atoms with Crippen LogP contribution in [-0.4, -0.2) is 42.1 Å². The molecule has 1 saturated heterocycles. The molecule has 2 atom stereocenters. The first kappa shape index (κ1) is 14.6. The number of anilines is 2. The lowest BCUT2D eigenvalue weighted by molar-refractivity contribution is 0.104. The molecule has 4 nitrogen and oxygen atoms in total. The van der Waals surface area contributed by atoms with Gasteiger partial charge in [-0.2, -0.15) is 0 Å². The Balaban J connectivity index is 1.59. The molecular formula is C17H28N4. The van der Waals surface area contributed by atoms with Crippen molar-refractivity contribution >= 4 is 11.4 Å². The molecule has 2 heterocycles. The first-order chi connectivity index (χ1) is 10.1. The third kappa shape index (κ3) is 3.31. The fraction of sp³-hybridized carbons (Fsp3) is 0.706. The highest BCUT2D eigenvalue weighted by Crippen LogP contribution is 2.32. The van der Waals surface area contributed by atoms with E-state index in [2.05, 4.69) is 28.6 Å². The molecule has 1 aromatic heterocycles. The Morgan fingerprint density at radius 1 is 1.05 bits per heavy atom. The number of pyridine rings is 1. The van der Waals surface area contributed by atoms with Crippen LogP contribution in [0.4, 0.5) is 11.4 Å². The number of nitrogen functional groups attached to an aromatic ring is 1. The second-order valence-electron chi connectivity index (χ2n) is 7.03. The average Bonchev–Trinajstić information content (AvgIpc) is 2.47. The Morgan fingerprint density at radius 3 is 2.33 bits per heavy atom. The predicted octanol–water partition coefficient (Wildman–Crippen LogP) is 2.61. The maximum atomic E-state index is 6.05. The minimum Gasteiger partial charge on any atom is -0.396 e. The van der Waals surface area contributed by atoms with Gasteiger partial charge in [0.15, 0.2) is 0 Å². The zero-order valence-corrected chi connectivity index (χ0v) is 13.3. The Morgan fingerprint density at radius 2 is 1.71 bits per heavy atom. The summed E-state index contributed by atoms with van der Waals surface area (Å²) in [5, 5.41) is 0. The molecule has 3 rings (SSSR count). The highest BCUT2D eigenvalue weighted by Gasteiger charge is 2.30. The van der Waals surface area contributed by atoms with Gasteiger partial charge in [-0.15, -0.1) is 0 Å². The average molecular weight is 288 g/mol. The molecule has 1 aliphatic carbocycles. The van der Waals surface area contributed by atoms with E-state index in [0.717, 1.165) is 55.4 Å². The summed E-state index contributed by atoms with van der Waals surface area (Å²) in [6, 6.07) is 2.83. The Labute approximate surface area is 128 Å². The highest BCUT2D eigenvalue weighted by atomic mass is 15.3. The van der Waals surface area contributed by atoms with Gasteiger partial charge in [0.1, 0.15) is 0 Å². The Hall–Kier alpha value is -1.29. The van der Waals surface area contributed by atoms with Crippen LogP contribution in [0.3, 0.4) is 0 Å². The maximum absolute atomic E-state index is 6.05. The van der Waals surface area contributed by atoms with Crippen molar-refractivity contribution in [1.82, 2.24) is 9.88 Å². The lowest BCUT2D eigenvalue weighted by Crippen LogP contribution is -2.52. The molecule has 1 aromatic rings. The van der Waals surface area contributed by atoms with E-state index in [1.54, 1.807) is 6.20 Å². The molecule has 2 fully saturated rings. The van der Waals surface area contributed by atoms with Crippen molar-refractivity contribution in [3.63, 3.8) is 0 Å². The minimum atomic E-state index is 0.792. The third-order valence-corrected chi connectivity index (χ3v) is 5.15. The van der Waals surface area contributed by atoms with Crippen LogP contribution < -0.4 is 10.6 Å². The van der Waals surface area contributed by atoms with Crippen molar-refractivity contribution < 1.29 is 0 Å². The van der Waals surface area contributed by atoms with E-state index in [-0.39, 0.29) is 0 Å². The van der Waals surface area contributed by atoms with Gasteiger partial charge in [0.05, 0.1) is 17.6 Å². The van der Waals surface area contributed by atoms with Gasteiger partial charge in [0.25, 0.3) is 0 Å². The first-order valence-electron chi connectivity index (χ1n) is 8.32. The predicted molar refractivity (Wildman–Crippen MR) is 88.4 cm³/mol. The first-order valence-corrected chi connectivity index (χ1v) is 8.32. The van der Waals surface area contributed by atoms with Crippen LogP contribution in [0.1, 0.15) is 33.1 Å². The molecular weight excluding hydrogens is 260 g/mol. The Bertz CT molecular complexity index is 458. The Kier molecular flexibility index (Phi) is 4.34. The van der Waals surface area contributed by atoms with E-state index in [1.165, 1.54) is 19.3 Å². The van der Waals surface area contributed by atoms with Gasteiger partial charge in [-0.3, -0.25) is 9.88 Å². The zero-order valence-electron chi connectivity index (χ0n) is 13.3. The smallest absolute Gasteiger partial charge is 0.0738 e. The van der Waals surface area contributed by atoms with E-state index in [0.29, 0.717) is 0 Å². The number of piperazine rings is 1. The SMILES string of the molecule is CC1CC(C)CC(N2CCN(c3ccncc3N)CC2)C1. The third-order valence-electron chi connectivity index (χ3n) is 5.15. The van der Waals surface area contributed by atoms with Crippen LogP contribution in [0.15, 0.2) is 18.5 Å². The molecule has 0 bridgehead atoms. The standard InChI is InChI=1S/C17H28N4/c1-13-9-14(2)11-15(10-13)20-5-7-21(8-6-20)17-3-4-19-12-16(17)18/h3-4,12-15H,5-11,18H2,1-2H3. The van der Waals surface area contributed by atoms with E-state index < -0.39 is 0 Å². The number of nitrogens with zero attached hydrogens (tertiary/aromatic N) is 3. The van der Waals surface area contributed by atoms with Crippen molar-refractivity contribution in [2.45, 2.75) is 39.2 Å². The van der Waals surface area contributed by atoms with E-state index in [9.17, 15) is 0 Å². The van der Waals surface area contributed by atoms with E-state index >= 15 is 0 Å². The van der Waals surface area contributed by atoms with E-state index in [4.69, 9.17) is 5.73 Å². The molecule has 4 heteroatoms. The van der Waals surface area contributed by atoms with E-state index in [1.807, 2.05) is 12.3 Å². The highest BCUT2D eigenvalue weighted by molar-refractivity contribution is 5.66. The molecule has 0 spiro atoms. The summed E-state index contributed by atoms with van der Waals surface area (Å²) in [6.45, 7) is 9.30. The van der Waals surface area contributed by atoms with Crippen LogP contribution in [0, 0.1) is 11.8 Å². The normalized spacial score (nSPS) is 31.3. The quantitative estimate of drug-likeness (QED) is 0.908. The second-order valence-corrected chi connectivity index (χ2v) is 7.03. The van der Waals surface area contributed by atoms with Crippen molar-refractivity contribution in [2.75, 3.05) is 36.8 Å². The van der Waals surface area contributed by atoms with Crippen LogP contribution >= 0.6 is 0 Å². The van der Waals surface area contributed by atoms with Gasteiger partial charge >= 0.3 is 0 Å². The molecule has 2 unspecified atom stereocenters. The molecule has 1 saturated carbocycles. The van der Waals surface area contributed by atoms with Gasteiger partial charge in [0.2, 0.25) is 0 Å². The van der Waals surface area contributed by atoms with Gasteiger partial charge in [-0.25, -0.2) is 0 Å². The number of hydrogen-bond donors (Lipinski definition) is 1. The van der Waals surface area contributed by atoms with Crippen molar-refractivity contribution in [1.29, 1.82) is 0 Å². The molecule has 116 valence electrons. The minimum absolute atomic E-state index is 0.792. The lowest BCUT2D eigenvalue weighted by atomic mass is 9.79. The van der Waals surface area contributed by atoms with Crippen molar-refractivity contribution in [2.24, 2.45) is 11.8 Å². The molecule has 2 N–H and O–H groups in total. The molecule has 2 aliphatic rings. The molecule has 0 amide bonds. The molecule has 1 aliphatic heterocycles. The fourth-order valence-electron chi connectivity index (χ4n) is 4.22. The maximum Gasteiger partial charge on any atom is 0.0738 e. The van der Waals surface area contributed by atoms with Gasteiger partial charge in [-0.1, -0.05) is 13.8 Å². The topological polar surface area (TPSA) is 45.4 Å². The summed E-state index contributed by atoms with van der Waals surface area (Å²) in [5.74, 6) is 1.76. The molecule has 21 heavy (non-hydrogen) atoms. The fourth-order valence-corrected chi connectivity index (χ4v) is 4.22. The summed E-state index contributed by atoms with van der Waals surface area (Å²) in [6.07, 6.45) is 7.75. The monoisotopic (exact) mass is 288 g/mol. The van der Waals surface area contributed by atoms with Crippen molar-refractivity contribution in [3.05, 3.63) is 18.5 Å². The lowest BCUT2D eigenvalue weighted by Gasteiger charge is -2.44. The zero-order chi connectivity index (χ0) is 14.8. The van der Waals surface area contributed by atoms with Crippen LogP contribution in [-0.2, 0) is 0 Å². The van der Waals surface area contributed by atoms with Gasteiger partial charge < -0.3 is 10.6 Å². The largest absolute Gasteiger partial charge is 0.396 e. The number of aromatic nitrogens is 1. The number of rotatable bonds is 2. The second kappa shape index (κ2) is 6.22. The summed E-state index contributed by atoms with van der Waals surface area (Å²) >= 11 is 0. The van der Waals surface area contributed by atoms with Crippen LogP contribution in [0.25, 0.3) is 0 Å². The van der Waals surface area contributed by atoms with Gasteiger partial charge in [-0.05, 0) is 37.2 Å². The summed E-state index contributed by atoms with van der Waals surface area (Å²) in [5.41, 5.74) is 7.99. The van der Waals surface area contributed by atoms with Crippen LogP contribution in [0.2, 0.25) is 0 Å². The summed E-state index contributed by atoms with van der Waals surface area (Å²) < 4.78 is 0.